The van der Waals surface area contributed by atoms with Crippen LogP contribution in [0.25, 0.3) is 0 Å². The molecule has 3 N–H and O–H groups in total. The molecule has 1 aliphatic rings. The average Bonchev–Trinajstić information content (AvgIpc) is 2.33. The number of hydrogen-bond acceptors (Lipinski definition) is 2. The largest absolute Gasteiger partial charge is 0.330 e. The third kappa shape index (κ3) is 3.06. The number of rotatable bonds is 4. The van der Waals surface area contributed by atoms with E-state index in [1.54, 1.807) is 0 Å². The summed E-state index contributed by atoms with van der Waals surface area (Å²) in [5, 5.41) is 3.42. The van der Waals surface area contributed by atoms with Crippen LogP contribution >= 0.6 is 0 Å². The van der Waals surface area contributed by atoms with Crippen LogP contribution in [0.5, 0.6) is 0 Å². The monoisotopic (exact) mass is 218 g/mol. The van der Waals surface area contributed by atoms with Crippen molar-refractivity contribution in [1.29, 1.82) is 0 Å². The molecular formula is C14H22N2. The van der Waals surface area contributed by atoms with Gasteiger partial charge >= 0.3 is 0 Å². The van der Waals surface area contributed by atoms with Crippen molar-refractivity contribution in [2.75, 3.05) is 19.6 Å². The molecule has 0 radical (unpaired) electrons. The first-order valence-corrected chi connectivity index (χ1v) is 6.37. The Morgan fingerprint density at radius 2 is 1.81 bits per heavy atom. The van der Waals surface area contributed by atoms with Gasteiger partial charge in [0.2, 0.25) is 0 Å². The van der Waals surface area contributed by atoms with Gasteiger partial charge in [0.1, 0.15) is 0 Å². The van der Waals surface area contributed by atoms with Crippen molar-refractivity contribution in [2.24, 2.45) is 11.7 Å². The lowest BCUT2D eigenvalue weighted by molar-refractivity contribution is 0.372. The number of nitrogens with two attached hydrogens (primary N) is 1. The van der Waals surface area contributed by atoms with Crippen LogP contribution in [-0.4, -0.2) is 19.6 Å². The minimum atomic E-state index is 0.753. The first kappa shape index (κ1) is 11.6. The third-order valence-electron chi connectivity index (χ3n) is 3.50. The second-order valence-electron chi connectivity index (χ2n) is 4.70. The first-order chi connectivity index (χ1) is 7.90. The Kier molecular flexibility index (Phi) is 4.37. The molecule has 2 heteroatoms. The summed E-state index contributed by atoms with van der Waals surface area (Å²) in [6.45, 7) is 3.12. The summed E-state index contributed by atoms with van der Waals surface area (Å²) < 4.78 is 0. The van der Waals surface area contributed by atoms with Gasteiger partial charge in [-0.1, -0.05) is 24.3 Å². The maximum atomic E-state index is 5.65. The van der Waals surface area contributed by atoms with Crippen LogP contribution in [0.3, 0.4) is 0 Å². The molecule has 16 heavy (non-hydrogen) atoms. The molecule has 1 fully saturated rings. The minimum Gasteiger partial charge on any atom is -0.330 e. The number of hydrogen-bond donors (Lipinski definition) is 2. The van der Waals surface area contributed by atoms with E-state index in [9.17, 15) is 0 Å². The van der Waals surface area contributed by atoms with E-state index in [0.29, 0.717) is 0 Å². The van der Waals surface area contributed by atoms with Crippen LogP contribution in [-0.2, 0) is 12.8 Å². The van der Waals surface area contributed by atoms with Gasteiger partial charge in [-0.25, -0.2) is 0 Å². The standard InChI is InChI=1S/C14H22N2/c15-8-5-13-3-1-2-4-14(13)11-12-6-9-16-10-7-12/h1-4,12,16H,5-11,15H2. The van der Waals surface area contributed by atoms with E-state index in [1.165, 1.54) is 43.5 Å². The van der Waals surface area contributed by atoms with Gasteiger partial charge in [-0.15, -0.1) is 0 Å². The van der Waals surface area contributed by atoms with Crippen LogP contribution in [0.1, 0.15) is 24.0 Å². The fourth-order valence-corrected chi connectivity index (χ4v) is 2.55. The minimum absolute atomic E-state index is 0.753. The zero-order valence-corrected chi connectivity index (χ0v) is 9.91. The Hall–Kier alpha value is -0.860. The summed E-state index contributed by atoms with van der Waals surface area (Å²) in [5.74, 6) is 0.861. The van der Waals surface area contributed by atoms with Crippen molar-refractivity contribution < 1.29 is 0 Å². The van der Waals surface area contributed by atoms with Crippen LogP contribution < -0.4 is 11.1 Å². The zero-order chi connectivity index (χ0) is 11.2. The highest BCUT2D eigenvalue weighted by Crippen LogP contribution is 2.20. The summed E-state index contributed by atoms with van der Waals surface area (Å²) in [4.78, 5) is 0. The molecule has 2 rings (SSSR count). The first-order valence-electron chi connectivity index (χ1n) is 6.37. The molecule has 0 amide bonds. The number of nitrogens with one attached hydrogen (secondary N) is 1. The predicted molar refractivity (Wildman–Crippen MR) is 68.5 cm³/mol. The van der Waals surface area contributed by atoms with E-state index in [-0.39, 0.29) is 0 Å². The molecule has 0 aromatic heterocycles. The molecular weight excluding hydrogens is 196 g/mol. The quantitative estimate of drug-likeness (QED) is 0.807. The van der Waals surface area contributed by atoms with Crippen molar-refractivity contribution >= 4 is 0 Å². The van der Waals surface area contributed by atoms with Crippen molar-refractivity contribution in [1.82, 2.24) is 5.32 Å². The lowest BCUT2D eigenvalue weighted by Gasteiger charge is -2.23. The molecule has 0 saturated carbocycles. The summed E-state index contributed by atoms with van der Waals surface area (Å²) >= 11 is 0. The molecule has 1 saturated heterocycles. The summed E-state index contributed by atoms with van der Waals surface area (Å²) in [7, 11) is 0. The fraction of sp³-hybridized carbons (Fsp3) is 0.571. The highest BCUT2D eigenvalue weighted by atomic mass is 14.9. The van der Waals surface area contributed by atoms with E-state index in [1.807, 2.05) is 0 Å². The SMILES string of the molecule is NCCc1ccccc1CC1CCNCC1. The normalized spacial score (nSPS) is 17.6. The maximum absolute atomic E-state index is 5.65. The van der Waals surface area contributed by atoms with Crippen molar-refractivity contribution in [2.45, 2.75) is 25.7 Å². The Morgan fingerprint density at radius 3 is 2.50 bits per heavy atom. The number of piperidine rings is 1. The maximum Gasteiger partial charge on any atom is -0.00366 e. The molecule has 1 aromatic rings. The van der Waals surface area contributed by atoms with Gasteiger partial charge in [0.05, 0.1) is 0 Å². The van der Waals surface area contributed by atoms with Crippen LogP contribution in [0.4, 0.5) is 0 Å². The highest BCUT2D eigenvalue weighted by Gasteiger charge is 2.14. The zero-order valence-electron chi connectivity index (χ0n) is 9.91. The Morgan fingerprint density at radius 1 is 1.12 bits per heavy atom. The molecule has 0 unspecified atom stereocenters. The van der Waals surface area contributed by atoms with Crippen molar-refractivity contribution in [3.63, 3.8) is 0 Å². The van der Waals surface area contributed by atoms with Gasteiger partial charge in [-0.05, 0) is 62.4 Å². The van der Waals surface area contributed by atoms with Crippen molar-refractivity contribution in [3.8, 4) is 0 Å². The van der Waals surface area contributed by atoms with Gasteiger partial charge in [-0.2, -0.15) is 0 Å². The molecule has 0 aliphatic carbocycles. The Bertz CT molecular complexity index is 316. The highest BCUT2D eigenvalue weighted by molar-refractivity contribution is 5.27. The van der Waals surface area contributed by atoms with Gasteiger partial charge in [-0.3, -0.25) is 0 Å². The van der Waals surface area contributed by atoms with E-state index >= 15 is 0 Å². The van der Waals surface area contributed by atoms with Gasteiger partial charge in [0, 0.05) is 0 Å². The molecule has 1 heterocycles. The molecule has 0 spiro atoms. The average molecular weight is 218 g/mol. The molecule has 88 valence electrons. The lowest BCUT2D eigenvalue weighted by Crippen LogP contribution is -2.28. The Balaban J connectivity index is 2.01. The second-order valence-corrected chi connectivity index (χ2v) is 4.70. The summed E-state index contributed by atoms with van der Waals surface area (Å²) in [5.41, 5.74) is 8.61. The van der Waals surface area contributed by atoms with Crippen molar-refractivity contribution in [3.05, 3.63) is 35.4 Å². The van der Waals surface area contributed by atoms with Gasteiger partial charge < -0.3 is 11.1 Å². The Labute approximate surface area is 98.2 Å². The second kappa shape index (κ2) is 6.02. The van der Waals surface area contributed by atoms with E-state index in [4.69, 9.17) is 5.73 Å². The smallest absolute Gasteiger partial charge is 0.00366 e. The molecule has 1 aromatic carbocycles. The van der Waals surface area contributed by atoms with E-state index in [2.05, 4.69) is 29.6 Å². The molecule has 2 nitrogen and oxygen atoms in total. The molecule has 0 bridgehead atoms. The van der Waals surface area contributed by atoms with Crippen LogP contribution in [0.15, 0.2) is 24.3 Å². The van der Waals surface area contributed by atoms with E-state index in [0.717, 1.165) is 18.9 Å². The van der Waals surface area contributed by atoms with Gasteiger partial charge in [0.15, 0.2) is 0 Å². The van der Waals surface area contributed by atoms with Crippen LogP contribution in [0.2, 0.25) is 0 Å². The summed E-state index contributed by atoms with van der Waals surface area (Å²) in [6, 6.07) is 8.77. The molecule has 0 atom stereocenters. The predicted octanol–water partition coefficient (Wildman–Crippen LogP) is 1.73. The van der Waals surface area contributed by atoms with Crippen LogP contribution in [0, 0.1) is 5.92 Å². The summed E-state index contributed by atoms with van der Waals surface area (Å²) in [6.07, 6.45) is 4.88. The van der Waals surface area contributed by atoms with Gasteiger partial charge in [0.25, 0.3) is 0 Å². The van der Waals surface area contributed by atoms with E-state index < -0.39 is 0 Å². The third-order valence-corrected chi connectivity index (χ3v) is 3.50. The number of benzene rings is 1. The lowest BCUT2D eigenvalue weighted by atomic mass is 9.88. The fourth-order valence-electron chi connectivity index (χ4n) is 2.55. The molecule has 1 aliphatic heterocycles. The topological polar surface area (TPSA) is 38.0 Å².